The predicted octanol–water partition coefficient (Wildman–Crippen LogP) is 7.47. The van der Waals surface area contributed by atoms with Crippen LogP contribution in [0.25, 0.3) is 0 Å². The molecular formula is C35H38O8. The third kappa shape index (κ3) is 12.5. The van der Waals surface area contributed by atoms with Crippen LogP contribution in [0.1, 0.15) is 52.0 Å². The third-order valence-electron chi connectivity index (χ3n) is 5.81. The molecule has 3 aromatic carbocycles. The summed E-state index contributed by atoms with van der Waals surface area (Å²) in [6.07, 6.45) is 7.85. The molecular weight excluding hydrogens is 548 g/mol. The van der Waals surface area contributed by atoms with Gasteiger partial charge in [-0.05, 0) is 87.2 Å². The summed E-state index contributed by atoms with van der Waals surface area (Å²) in [7, 11) is 1.50. The molecule has 8 heteroatoms. The normalized spacial score (nSPS) is 9.81. The first kappa shape index (κ1) is 34.1. The van der Waals surface area contributed by atoms with Gasteiger partial charge in [0.05, 0.1) is 31.5 Å². The molecule has 0 atom stereocenters. The summed E-state index contributed by atoms with van der Waals surface area (Å²) < 4.78 is 26.9. The Labute approximate surface area is 253 Å². The molecule has 3 aromatic rings. The molecule has 43 heavy (non-hydrogen) atoms. The second kappa shape index (κ2) is 19.1. The van der Waals surface area contributed by atoms with E-state index in [4.69, 9.17) is 23.7 Å². The first-order valence-corrected chi connectivity index (χ1v) is 13.8. The highest BCUT2D eigenvalue weighted by Gasteiger charge is 2.15. The molecule has 0 heterocycles. The quantitative estimate of drug-likeness (QED) is 0.0595. The van der Waals surface area contributed by atoms with Gasteiger partial charge in [-0.25, -0.2) is 14.4 Å². The van der Waals surface area contributed by atoms with Crippen LogP contribution in [0.15, 0.2) is 105 Å². The highest BCUT2D eigenvalue weighted by Crippen LogP contribution is 2.29. The van der Waals surface area contributed by atoms with Gasteiger partial charge < -0.3 is 23.7 Å². The number of methoxy groups -OCH3 is 1. The van der Waals surface area contributed by atoms with E-state index in [9.17, 15) is 14.4 Å². The zero-order valence-corrected chi connectivity index (χ0v) is 24.7. The summed E-state index contributed by atoms with van der Waals surface area (Å²) in [5.41, 5.74) is 1.68. The molecule has 0 fully saturated rings. The van der Waals surface area contributed by atoms with Crippen molar-refractivity contribution in [2.45, 2.75) is 32.6 Å². The van der Waals surface area contributed by atoms with Crippen molar-refractivity contribution in [2.24, 2.45) is 0 Å². The number of hydrogen-bond donors (Lipinski definition) is 0. The Morgan fingerprint density at radius 3 is 1.77 bits per heavy atom. The van der Waals surface area contributed by atoms with Crippen molar-refractivity contribution in [1.29, 1.82) is 0 Å². The van der Waals surface area contributed by atoms with Crippen LogP contribution in [-0.2, 0) is 9.53 Å². The maximum Gasteiger partial charge on any atom is 0.343 e. The van der Waals surface area contributed by atoms with Crippen LogP contribution in [-0.4, -0.2) is 38.2 Å². The second-order valence-corrected chi connectivity index (χ2v) is 9.09. The van der Waals surface area contributed by atoms with Crippen LogP contribution in [0.5, 0.6) is 23.0 Å². The highest BCUT2D eigenvalue weighted by molar-refractivity contribution is 5.93. The maximum atomic E-state index is 12.7. The molecule has 0 amide bonds. The Bertz CT molecular complexity index is 1350. The first-order chi connectivity index (χ1) is 20.8. The largest absolute Gasteiger partial charge is 0.493 e. The molecule has 0 aliphatic carbocycles. The molecule has 0 aromatic heterocycles. The fraction of sp³-hybridized carbons (Fsp3) is 0.229. The first-order valence-electron chi connectivity index (χ1n) is 13.8. The molecule has 0 saturated heterocycles. The van der Waals surface area contributed by atoms with Gasteiger partial charge in [0, 0.05) is 6.08 Å². The van der Waals surface area contributed by atoms with E-state index < -0.39 is 17.9 Å². The number of esters is 3. The van der Waals surface area contributed by atoms with E-state index in [0.717, 1.165) is 37.3 Å². The molecule has 0 aliphatic heterocycles. The molecule has 0 unspecified atom stereocenters. The zero-order chi connectivity index (χ0) is 31.5. The molecule has 3 rings (SSSR count). The minimum absolute atomic E-state index is 0.283. The number of ether oxygens (including phenoxy) is 5. The topological polar surface area (TPSA) is 97.4 Å². The predicted molar refractivity (Wildman–Crippen MR) is 166 cm³/mol. The standard InChI is InChI=1S/C31H32O8.C4H6/c1-4-29(32)37-20-8-6-5-7-19-36-27-18-13-24(21-28(27)35-3)31(34)39-26-16-11-23(12-17-26)30(33)38-25-14-9-22(2)10-15-25;1-3-4-2/h4,9-18,21H,1,5-8,19-20H2,2-3H3;3-4H,1-2H2. The number of unbranched alkanes of at least 4 members (excludes halogenated alkanes) is 3. The minimum Gasteiger partial charge on any atom is -0.493 e. The van der Waals surface area contributed by atoms with Crippen LogP contribution < -0.4 is 18.9 Å². The highest BCUT2D eigenvalue weighted by atomic mass is 16.5. The van der Waals surface area contributed by atoms with Gasteiger partial charge in [-0.15, -0.1) is 0 Å². The van der Waals surface area contributed by atoms with Crippen molar-refractivity contribution in [1.82, 2.24) is 0 Å². The molecule has 0 N–H and O–H groups in total. The van der Waals surface area contributed by atoms with E-state index in [1.54, 1.807) is 42.5 Å². The summed E-state index contributed by atoms with van der Waals surface area (Å²) >= 11 is 0. The van der Waals surface area contributed by atoms with Crippen LogP contribution >= 0.6 is 0 Å². The summed E-state index contributed by atoms with van der Waals surface area (Å²) in [4.78, 5) is 36.0. The lowest BCUT2D eigenvalue weighted by atomic mass is 10.2. The van der Waals surface area contributed by atoms with E-state index in [2.05, 4.69) is 19.7 Å². The van der Waals surface area contributed by atoms with Gasteiger partial charge in [0.25, 0.3) is 0 Å². The van der Waals surface area contributed by atoms with E-state index in [1.807, 2.05) is 19.1 Å². The molecule has 226 valence electrons. The van der Waals surface area contributed by atoms with Crippen molar-refractivity contribution in [2.75, 3.05) is 20.3 Å². The lowest BCUT2D eigenvalue weighted by Gasteiger charge is -2.12. The number of hydrogen-bond acceptors (Lipinski definition) is 8. The van der Waals surface area contributed by atoms with Crippen molar-refractivity contribution < 1.29 is 38.1 Å². The van der Waals surface area contributed by atoms with Crippen LogP contribution in [0.3, 0.4) is 0 Å². The Hall–Kier alpha value is -5.11. The summed E-state index contributed by atoms with van der Waals surface area (Å²) in [5.74, 6) is 0.168. The average molecular weight is 587 g/mol. The summed E-state index contributed by atoms with van der Waals surface area (Å²) in [6.45, 7) is 12.9. The number of aryl methyl sites for hydroxylation is 1. The molecule has 0 spiro atoms. The van der Waals surface area contributed by atoms with Gasteiger partial charge in [-0.2, -0.15) is 0 Å². The SMILES string of the molecule is C=CC(=O)OCCCCCCOc1ccc(C(=O)Oc2ccc(C(=O)Oc3ccc(C)cc3)cc2)cc1OC.C=CC=C. The van der Waals surface area contributed by atoms with Crippen LogP contribution in [0.4, 0.5) is 0 Å². The van der Waals surface area contributed by atoms with E-state index in [-0.39, 0.29) is 11.3 Å². The molecule has 0 radical (unpaired) electrons. The van der Waals surface area contributed by atoms with Crippen molar-refractivity contribution >= 4 is 17.9 Å². The fourth-order valence-electron chi connectivity index (χ4n) is 3.48. The summed E-state index contributed by atoms with van der Waals surface area (Å²) in [5, 5.41) is 0. The van der Waals surface area contributed by atoms with Gasteiger partial charge in [0.1, 0.15) is 11.5 Å². The van der Waals surface area contributed by atoms with Gasteiger partial charge in [0.2, 0.25) is 0 Å². The minimum atomic E-state index is -0.577. The van der Waals surface area contributed by atoms with Crippen LogP contribution in [0.2, 0.25) is 0 Å². The van der Waals surface area contributed by atoms with E-state index in [0.29, 0.717) is 36.0 Å². The molecule has 0 saturated carbocycles. The van der Waals surface area contributed by atoms with E-state index >= 15 is 0 Å². The smallest absolute Gasteiger partial charge is 0.343 e. The molecule has 0 bridgehead atoms. The second-order valence-electron chi connectivity index (χ2n) is 9.09. The number of carbonyl (C=O) groups is 3. The number of rotatable bonds is 15. The number of allylic oxidation sites excluding steroid dienone is 2. The number of benzene rings is 3. The Kier molecular flexibility index (Phi) is 15.1. The molecule has 0 aliphatic rings. The van der Waals surface area contributed by atoms with Gasteiger partial charge >= 0.3 is 17.9 Å². The van der Waals surface area contributed by atoms with Crippen LogP contribution in [0, 0.1) is 6.92 Å². The number of carbonyl (C=O) groups excluding carboxylic acids is 3. The Balaban J connectivity index is 0.00000151. The lowest BCUT2D eigenvalue weighted by Crippen LogP contribution is -2.10. The van der Waals surface area contributed by atoms with E-state index in [1.165, 1.54) is 31.4 Å². The van der Waals surface area contributed by atoms with Crippen molar-refractivity contribution in [3.8, 4) is 23.0 Å². The monoisotopic (exact) mass is 586 g/mol. The zero-order valence-electron chi connectivity index (χ0n) is 24.7. The summed E-state index contributed by atoms with van der Waals surface area (Å²) in [6, 6.07) is 18.1. The van der Waals surface area contributed by atoms with Crippen molar-refractivity contribution in [3.05, 3.63) is 121 Å². The lowest BCUT2D eigenvalue weighted by molar-refractivity contribution is -0.137. The van der Waals surface area contributed by atoms with Gasteiger partial charge in [-0.1, -0.05) is 49.6 Å². The Morgan fingerprint density at radius 2 is 1.21 bits per heavy atom. The van der Waals surface area contributed by atoms with Crippen molar-refractivity contribution in [3.63, 3.8) is 0 Å². The third-order valence-corrected chi connectivity index (χ3v) is 5.81. The fourth-order valence-corrected chi connectivity index (χ4v) is 3.48. The average Bonchev–Trinajstić information content (AvgIpc) is 3.03. The maximum absolute atomic E-state index is 12.7. The van der Waals surface area contributed by atoms with Gasteiger partial charge in [-0.3, -0.25) is 0 Å². The van der Waals surface area contributed by atoms with Gasteiger partial charge in [0.15, 0.2) is 11.5 Å². The molecule has 8 nitrogen and oxygen atoms in total. The Morgan fingerprint density at radius 1 is 0.674 bits per heavy atom.